The Balaban J connectivity index is 3.19. The van der Waals surface area contributed by atoms with Gasteiger partial charge in [0.15, 0.2) is 5.82 Å². The predicted molar refractivity (Wildman–Crippen MR) is 79.6 cm³/mol. The lowest BCUT2D eigenvalue weighted by Crippen LogP contribution is -2.27. The third kappa shape index (κ3) is 3.90. The molecule has 0 amide bonds. The second-order valence-electron chi connectivity index (χ2n) is 5.37. The number of nitrogens with one attached hydrogen (secondary N) is 1. The maximum atomic E-state index is 5.61. The van der Waals surface area contributed by atoms with E-state index in [0.29, 0.717) is 5.92 Å². The molecule has 0 radical (unpaired) electrons. The lowest BCUT2D eigenvalue weighted by Gasteiger charge is -2.26. The Morgan fingerprint density at radius 3 is 2.47 bits per heavy atom. The van der Waals surface area contributed by atoms with Gasteiger partial charge < -0.3 is 10.1 Å². The summed E-state index contributed by atoms with van der Waals surface area (Å²) in [7, 11) is 1.72. The van der Waals surface area contributed by atoms with Crippen molar-refractivity contribution in [3.63, 3.8) is 0 Å². The van der Waals surface area contributed by atoms with Crippen LogP contribution in [0.3, 0.4) is 0 Å². The van der Waals surface area contributed by atoms with Crippen LogP contribution in [0.1, 0.15) is 64.9 Å². The summed E-state index contributed by atoms with van der Waals surface area (Å²) in [5, 5.41) is 3.34. The second kappa shape index (κ2) is 6.85. The normalized spacial score (nSPS) is 14.5. The van der Waals surface area contributed by atoms with Crippen molar-refractivity contribution in [2.75, 3.05) is 19.0 Å². The summed E-state index contributed by atoms with van der Waals surface area (Å²) in [5.41, 5.74) is 0.633. The highest BCUT2D eigenvalue weighted by molar-refractivity contribution is 5.37. The molecule has 0 bridgehead atoms. The molecule has 0 saturated heterocycles. The molecule has 4 heteroatoms. The van der Waals surface area contributed by atoms with Gasteiger partial charge in [0.05, 0.1) is 0 Å². The van der Waals surface area contributed by atoms with Crippen LogP contribution >= 0.6 is 0 Å². The first kappa shape index (κ1) is 15.9. The molecule has 0 aromatic carbocycles. The van der Waals surface area contributed by atoms with Crippen LogP contribution in [-0.2, 0) is 10.3 Å². The molecular weight excluding hydrogens is 238 g/mol. The summed E-state index contributed by atoms with van der Waals surface area (Å²) in [6, 6.07) is 2.04. The van der Waals surface area contributed by atoms with Crippen molar-refractivity contribution in [3.05, 3.63) is 17.6 Å². The lowest BCUT2D eigenvalue weighted by molar-refractivity contribution is -0.00907. The number of rotatable bonds is 7. The summed E-state index contributed by atoms with van der Waals surface area (Å²) >= 11 is 0. The van der Waals surface area contributed by atoms with Gasteiger partial charge in [0.25, 0.3) is 0 Å². The summed E-state index contributed by atoms with van der Waals surface area (Å²) in [6.45, 7) is 11.5. The summed E-state index contributed by atoms with van der Waals surface area (Å²) in [4.78, 5) is 9.30. The molecule has 1 rings (SSSR count). The number of anilines is 1. The van der Waals surface area contributed by atoms with Crippen LogP contribution in [0.4, 0.5) is 5.82 Å². The Labute approximate surface area is 117 Å². The maximum absolute atomic E-state index is 5.61. The van der Waals surface area contributed by atoms with Crippen LogP contribution in [0.2, 0.25) is 0 Å². The van der Waals surface area contributed by atoms with Crippen LogP contribution in [0.15, 0.2) is 6.07 Å². The Morgan fingerprint density at radius 2 is 2.00 bits per heavy atom. The molecule has 0 saturated carbocycles. The Hall–Kier alpha value is -1.16. The van der Waals surface area contributed by atoms with Gasteiger partial charge >= 0.3 is 0 Å². The van der Waals surface area contributed by atoms with Gasteiger partial charge in [0.2, 0.25) is 0 Å². The van der Waals surface area contributed by atoms with Crippen LogP contribution < -0.4 is 5.32 Å². The number of ether oxygens (including phenoxy) is 1. The van der Waals surface area contributed by atoms with E-state index in [2.05, 4.69) is 43.0 Å². The highest BCUT2D eigenvalue weighted by Gasteiger charge is 2.28. The van der Waals surface area contributed by atoms with Gasteiger partial charge in [-0.2, -0.15) is 0 Å². The third-order valence-corrected chi connectivity index (χ3v) is 3.49. The van der Waals surface area contributed by atoms with Crippen molar-refractivity contribution in [1.82, 2.24) is 9.97 Å². The summed E-state index contributed by atoms with van der Waals surface area (Å²) in [6.07, 6.45) is 1.92. The van der Waals surface area contributed by atoms with E-state index in [-0.39, 0.29) is 0 Å². The second-order valence-corrected chi connectivity index (χ2v) is 5.37. The minimum Gasteiger partial charge on any atom is -0.371 e. The average molecular weight is 265 g/mol. The SMILES string of the molecule is CCCNc1cc(C(C)C)nc(C(C)(CC)OC)n1. The number of hydrogen-bond acceptors (Lipinski definition) is 4. The van der Waals surface area contributed by atoms with Crippen molar-refractivity contribution < 1.29 is 4.74 Å². The van der Waals surface area contributed by atoms with E-state index < -0.39 is 5.60 Å². The van der Waals surface area contributed by atoms with Crippen LogP contribution in [-0.4, -0.2) is 23.6 Å². The van der Waals surface area contributed by atoms with E-state index >= 15 is 0 Å². The minimum absolute atomic E-state index is 0.377. The molecule has 0 aliphatic heterocycles. The molecule has 4 nitrogen and oxygen atoms in total. The van der Waals surface area contributed by atoms with E-state index in [4.69, 9.17) is 4.74 Å². The first-order valence-electron chi connectivity index (χ1n) is 7.15. The van der Waals surface area contributed by atoms with Crippen molar-refractivity contribution in [2.45, 2.75) is 59.0 Å². The van der Waals surface area contributed by atoms with Gasteiger partial charge in [-0.3, -0.25) is 0 Å². The summed E-state index contributed by atoms with van der Waals surface area (Å²) < 4.78 is 5.61. The molecule has 1 atom stereocenters. The van der Waals surface area contributed by atoms with Gasteiger partial charge in [0, 0.05) is 25.4 Å². The molecule has 1 N–H and O–H groups in total. The first-order chi connectivity index (χ1) is 8.96. The monoisotopic (exact) mass is 265 g/mol. The molecule has 1 unspecified atom stereocenters. The zero-order valence-electron chi connectivity index (χ0n) is 13.1. The number of methoxy groups -OCH3 is 1. The number of nitrogens with zero attached hydrogens (tertiary/aromatic N) is 2. The molecule has 0 fully saturated rings. The third-order valence-electron chi connectivity index (χ3n) is 3.49. The molecule has 108 valence electrons. The quantitative estimate of drug-likeness (QED) is 0.816. The number of aromatic nitrogens is 2. The molecule has 0 aliphatic carbocycles. The fourth-order valence-corrected chi connectivity index (χ4v) is 1.74. The topological polar surface area (TPSA) is 47.0 Å². The van der Waals surface area contributed by atoms with Crippen LogP contribution in [0, 0.1) is 0 Å². The highest BCUT2D eigenvalue weighted by Crippen LogP contribution is 2.27. The smallest absolute Gasteiger partial charge is 0.162 e. The average Bonchev–Trinajstić information content (AvgIpc) is 2.43. The van der Waals surface area contributed by atoms with Crippen molar-refractivity contribution >= 4 is 5.82 Å². The van der Waals surface area contributed by atoms with Gasteiger partial charge in [0.1, 0.15) is 11.4 Å². The van der Waals surface area contributed by atoms with Gasteiger partial charge in [-0.05, 0) is 25.7 Å². The van der Waals surface area contributed by atoms with Crippen molar-refractivity contribution in [3.8, 4) is 0 Å². The molecule has 1 aromatic heterocycles. The fourth-order valence-electron chi connectivity index (χ4n) is 1.74. The molecular formula is C15H27N3O. The zero-order chi connectivity index (χ0) is 14.5. The first-order valence-corrected chi connectivity index (χ1v) is 7.15. The number of hydrogen-bond donors (Lipinski definition) is 1. The summed E-state index contributed by atoms with van der Waals surface area (Å²) in [5.74, 6) is 2.04. The van der Waals surface area contributed by atoms with E-state index in [0.717, 1.165) is 36.7 Å². The Kier molecular flexibility index (Phi) is 5.73. The van der Waals surface area contributed by atoms with Crippen LogP contribution in [0.25, 0.3) is 0 Å². The van der Waals surface area contributed by atoms with Crippen molar-refractivity contribution in [2.24, 2.45) is 0 Å². The van der Waals surface area contributed by atoms with Gasteiger partial charge in [-0.1, -0.05) is 27.7 Å². The van der Waals surface area contributed by atoms with E-state index in [1.54, 1.807) is 7.11 Å². The molecule has 19 heavy (non-hydrogen) atoms. The van der Waals surface area contributed by atoms with E-state index in [1.807, 2.05) is 13.0 Å². The van der Waals surface area contributed by atoms with Gasteiger partial charge in [-0.25, -0.2) is 9.97 Å². The molecule has 1 heterocycles. The highest BCUT2D eigenvalue weighted by atomic mass is 16.5. The molecule has 0 spiro atoms. The Bertz CT molecular complexity index is 400. The predicted octanol–water partition coefficient (Wildman–Crippen LogP) is 3.69. The van der Waals surface area contributed by atoms with Crippen molar-refractivity contribution in [1.29, 1.82) is 0 Å². The van der Waals surface area contributed by atoms with Crippen LogP contribution in [0.5, 0.6) is 0 Å². The maximum Gasteiger partial charge on any atom is 0.162 e. The molecule has 0 aliphatic rings. The van der Waals surface area contributed by atoms with E-state index in [1.165, 1.54) is 0 Å². The molecule has 1 aromatic rings. The zero-order valence-corrected chi connectivity index (χ0v) is 13.1. The lowest BCUT2D eigenvalue weighted by atomic mass is 10.0. The largest absolute Gasteiger partial charge is 0.371 e. The Morgan fingerprint density at radius 1 is 1.32 bits per heavy atom. The van der Waals surface area contributed by atoms with Gasteiger partial charge in [-0.15, -0.1) is 0 Å². The minimum atomic E-state index is -0.423. The van der Waals surface area contributed by atoms with E-state index in [9.17, 15) is 0 Å². The standard InChI is InChI=1S/C15H27N3O/c1-7-9-16-13-10-12(11(3)4)17-14(18-13)15(5,8-2)19-6/h10-11H,7-9H2,1-6H3,(H,16,17,18). The fraction of sp³-hybridized carbons (Fsp3) is 0.733.